The minimum absolute atomic E-state index is 0.245. The van der Waals surface area contributed by atoms with Crippen LogP contribution in [0.25, 0.3) is 0 Å². The molecule has 0 heterocycles. The van der Waals surface area contributed by atoms with E-state index in [0.717, 1.165) is 10.9 Å². The van der Waals surface area contributed by atoms with Gasteiger partial charge in [-0.3, -0.25) is 4.79 Å². The quantitative estimate of drug-likeness (QED) is 0.647. The molecule has 0 fully saturated rings. The molecule has 6 heteroatoms. The van der Waals surface area contributed by atoms with Gasteiger partial charge in [0.15, 0.2) is 0 Å². The number of carbonyl (C=O) groups is 2. The molecule has 0 aliphatic carbocycles. The van der Waals surface area contributed by atoms with Crippen LogP contribution in [0.15, 0.2) is 46.9 Å². The predicted molar refractivity (Wildman–Crippen MR) is 105 cm³/mol. The summed E-state index contributed by atoms with van der Waals surface area (Å²) in [6.07, 6.45) is 0.968. The van der Waals surface area contributed by atoms with Gasteiger partial charge in [0.2, 0.25) is 0 Å². The minimum atomic E-state index is -0.417. The van der Waals surface area contributed by atoms with Crippen molar-refractivity contribution in [2.24, 2.45) is 5.92 Å². The van der Waals surface area contributed by atoms with Gasteiger partial charge in [-0.05, 0) is 70.7 Å². The molecule has 1 amide bonds. The summed E-state index contributed by atoms with van der Waals surface area (Å²) in [5.74, 6) is 0.624. The smallest absolute Gasteiger partial charge is 0.337 e. The first-order valence-corrected chi connectivity index (χ1v) is 9.12. The summed E-state index contributed by atoms with van der Waals surface area (Å²) in [6, 6.07) is 11.7. The van der Waals surface area contributed by atoms with Crippen molar-refractivity contribution in [2.75, 3.05) is 19.0 Å². The number of ether oxygens (including phenoxy) is 2. The summed E-state index contributed by atoms with van der Waals surface area (Å²) >= 11 is 3.45. The van der Waals surface area contributed by atoms with Crippen molar-refractivity contribution in [2.45, 2.75) is 20.3 Å². The Bertz CT molecular complexity index is 772. The van der Waals surface area contributed by atoms with E-state index in [1.165, 1.54) is 7.11 Å². The predicted octanol–water partition coefficient (Wildman–Crippen LogP) is 4.91. The van der Waals surface area contributed by atoms with Gasteiger partial charge in [0, 0.05) is 11.3 Å². The molecule has 0 aromatic heterocycles. The maximum Gasteiger partial charge on any atom is 0.337 e. The average molecular weight is 420 g/mol. The van der Waals surface area contributed by atoms with Crippen molar-refractivity contribution in [1.29, 1.82) is 0 Å². The molecule has 0 bridgehead atoms. The van der Waals surface area contributed by atoms with Gasteiger partial charge in [-0.1, -0.05) is 13.8 Å². The molecule has 0 aliphatic heterocycles. The number of amides is 1. The van der Waals surface area contributed by atoms with Gasteiger partial charge < -0.3 is 14.8 Å². The van der Waals surface area contributed by atoms with Crippen LogP contribution in [0.2, 0.25) is 0 Å². The number of benzene rings is 2. The first-order chi connectivity index (χ1) is 12.4. The van der Waals surface area contributed by atoms with Gasteiger partial charge in [-0.2, -0.15) is 0 Å². The van der Waals surface area contributed by atoms with Crippen molar-refractivity contribution in [1.82, 2.24) is 0 Å². The van der Waals surface area contributed by atoms with Gasteiger partial charge in [-0.25, -0.2) is 4.79 Å². The number of rotatable bonds is 7. The third-order valence-corrected chi connectivity index (χ3v) is 4.33. The largest absolute Gasteiger partial charge is 0.492 e. The lowest BCUT2D eigenvalue weighted by Gasteiger charge is -2.11. The van der Waals surface area contributed by atoms with Gasteiger partial charge in [-0.15, -0.1) is 0 Å². The highest BCUT2D eigenvalue weighted by Gasteiger charge is 2.11. The highest BCUT2D eigenvalue weighted by Crippen LogP contribution is 2.27. The van der Waals surface area contributed by atoms with Crippen LogP contribution in [0.5, 0.6) is 5.75 Å². The number of hydrogen-bond acceptors (Lipinski definition) is 4. The van der Waals surface area contributed by atoms with Crippen LogP contribution in [0.3, 0.4) is 0 Å². The van der Waals surface area contributed by atoms with E-state index in [4.69, 9.17) is 4.74 Å². The van der Waals surface area contributed by atoms with Gasteiger partial charge >= 0.3 is 5.97 Å². The Morgan fingerprint density at radius 2 is 1.73 bits per heavy atom. The average Bonchev–Trinajstić information content (AvgIpc) is 2.62. The fourth-order valence-corrected chi connectivity index (χ4v) is 2.67. The SMILES string of the molecule is COC(=O)c1ccc(NC(=O)c2ccc(OCCC(C)C)c(Br)c2)cc1. The zero-order valence-corrected chi connectivity index (χ0v) is 16.6. The van der Waals surface area contributed by atoms with Crippen LogP contribution in [-0.4, -0.2) is 25.6 Å². The molecule has 0 aliphatic rings. The van der Waals surface area contributed by atoms with Crippen molar-refractivity contribution in [3.05, 3.63) is 58.1 Å². The summed E-state index contributed by atoms with van der Waals surface area (Å²) in [4.78, 5) is 23.8. The molecule has 0 unspecified atom stereocenters. The standard InChI is InChI=1S/C20H22BrNO4/c1-13(2)10-11-26-18-9-6-15(12-17(18)21)19(23)22-16-7-4-14(5-8-16)20(24)25-3/h4-9,12-13H,10-11H2,1-3H3,(H,22,23). The zero-order valence-electron chi connectivity index (χ0n) is 15.0. The van der Waals surface area contributed by atoms with Crippen LogP contribution in [0.4, 0.5) is 5.69 Å². The fourth-order valence-electron chi connectivity index (χ4n) is 2.17. The van der Waals surface area contributed by atoms with E-state index in [1.807, 2.05) is 0 Å². The van der Waals surface area contributed by atoms with Crippen molar-refractivity contribution in [3.8, 4) is 5.75 Å². The monoisotopic (exact) mass is 419 g/mol. The number of methoxy groups -OCH3 is 1. The second-order valence-corrected chi connectivity index (χ2v) is 7.05. The lowest BCUT2D eigenvalue weighted by atomic mass is 10.1. The summed E-state index contributed by atoms with van der Waals surface area (Å²) in [7, 11) is 1.33. The highest BCUT2D eigenvalue weighted by molar-refractivity contribution is 9.10. The van der Waals surface area contributed by atoms with Crippen LogP contribution < -0.4 is 10.1 Å². The summed E-state index contributed by atoms with van der Waals surface area (Å²) in [6.45, 7) is 4.92. The Kier molecular flexibility index (Phi) is 7.21. The molecule has 138 valence electrons. The third-order valence-electron chi connectivity index (χ3n) is 3.71. The lowest BCUT2D eigenvalue weighted by molar-refractivity contribution is 0.0600. The van der Waals surface area contributed by atoms with Crippen molar-refractivity contribution < 1.29 is 19.1 Å². The van der Waals surface area contributed by atoms with E-state index in [9.17, 15) is 9.59 Å². The molecular formula is C20H22BrNO4. The van der Waals surface area contributed by atoms with E-state index in [2.05, 4.69) is 39.8 Å². The van der Waals surface area contributed by atoms with E-state index >= 15 is 0 Å². The summed E-state index contributed by atoms with van der Waals surface area (Å²) in [5.41, 5.74) is 1.53. The molecule has 0 radical (unpaired) electrons. The molecule has 1 N–H and O–H groups in total. The highest BCUT2D eigenvalue weighted by atomic mass is 79.9. The van der Waals surface area contributed by atoms with Gasteiger partial charge in [0.05, 0.1) is 23.8 Å². The normalized spacial score (nSPS) is 10.5. The number of carbonyl (C=O) groups excluding carboxylic acids is 2. The van der Waals surface area contributed by atoms with Gasteiger partial charge in [0.25, 0.3) is 5.91 Å². The Morgan fingerprint density at radius 1 is 1.08 bits per heavy atom. The molecule has 0 atom stereocenters. The zero-order chi connectivity index (χ0) is 19.1. The summed E-state index contributed by atoms with van der Waals surface area (Å²) in [5, 5.41) is 2.79. The van der Waals surface area contributed by atoms with Crippen LogP contribution in [0, 0.1) is 5.92 Å². The van der Waals surface area contributed by atoms with Gasteiger partial charge in [0.1, 0.15) is 5.75 Å². The number of esters is 1. The second-order valence-electron chi connectivity index (χ2n) is 6.20. The molecule has 5 nitrogen and oxygen atoms in total. The molecule has 26 heavy (non-hydrogen) atoms. The molecular weight excluding hydrogens is 398 g/mol. The van der Waals surface area contributed by atoms with E-state index < -0.39 is 5.97 Å². The molecule has 0 spiro atoms. The van der Waals surface area contributed by atoms with Crippen molar-refractivity contribution in [3.63, 3.8) is 0 Å². The van der Waals surface area contributed by atoms with E-state index in [-0.39, 0.29) is 5.91 Å². The molecule has 2 aromatic rings. The van der Waals surface area contributed by atoms with E-state index in [0.29, 0.717) is 35.1 Å². The molecule has 2 rings (SSSR count). The topological polar surface area (TPSA) is 64.6 Å². The maximum absolute atomic E-state index is 12.4. The molecule has 0 saturated carbocycles. The second kappa shape index (κ2) is 9.38. The Hall–Kier alpha value is -2.34. The first-order valence-electron chi connectivity index (χ1n) is 8.32. The van der Waals surface area contributed by atoms with Crippen LogP contribution >= 0.6 is 15.9 Å². The Balaban J connectivity index is 2.01. The van der Waals surface area contributed by atoms with Crippen molar-refractivity contribution >= 4 is 33.5 Å². The fraction of sp³-hybridized carbons (Fsp3) is 0.300. The molecule has 2 aromatic carbocycles. The Labute approximate surface area is 161 Å². The van der Waals surface area contributed by atoms with Crippen LogP contribution in [0.1, 0.15) is 41.0 Å². The third kappa shape index (κ3) is 5.59. The Morgan fingerprint density at radius 3 is 2.31 bits per heavy atom. The number of hydrogen-bond donors (Lipinski definition) is 1. The number of anilines is 1. The van der Waals surface area contributed by atoms with E-state index in [1.54, 1.807) is 42.5 Å². The lowest BCUT2D eigenvalue weighted by Crippen LogP contribution is -2.12. The molecule has 0 saturated heterocycles. The number of halogens is 1. The number of nitrogens with one attached hydrogen (secondary N) is 1. The minimum Gasteiger partial charge on any atom is -0.492 e. The first kappa shape index (κ1) is 20.0. The summed E-state index contributed by atoms with van der Waals surface area (Å²) < 4.78 is 11.1. The maximum atomic E-state index is 12.4. The van der Waals surface area contributed by atoms with Crippen LogP contribution in [-0.2, 0) is 4.74 Å².